The average molecular weight is 228 g/mol. The van der Waals surface area contributed by atoms with E-state index in [4.69, 9.17) is 5.73 Å². The molecule has 0 bridgehead atoms. The number of nitrogens with two attached hydrogens (primary N) is 1. The predicted molar refractivity (Wildman–Crippen MR) is 65.2 cm³/mol. The summed E-state index contributed by atoms with van der Waals surface area (Å²) >= 11 is 0. The van der Waals surface area contributed by atoms with E-state index in [2.05, 4.69) is 34.6 Å². The first-order valence-electron chi connectivity index (χ1n) is 5.92. The molecule has 3 rings (SSSR count). The molecule has 3 atom stereocenters. The fraction of sp³-hybridized carbons (Fsp3) is 0.385. The van der Waals surface area contributed by atoms with Gasteiger partial charge in [0.15, 0.2) is 0 Å². The van der Waals surface area contributed by atoms with Crippen LogP contribution in [0.2, 0.25) is 0 Å². The van der Waals surface area contributed by atoms with Crippen molar-refractivity contribution in [2.45, 2.75) is 18.4 Å². The summed E-state index contributed by atoms with van der Waals surface area (Å²) in [6, 6.07) is 10.6. The quantitative estimate of drug-likeness (QED) is 0.868. The Morgan fingerprint density at radius 1 is 1.35 bits per heavy atom. The molecule has 0 spiro atoms. The molecule has 2 aromatic rings. The maximum absolute atomic E-state index is 6.27. The van der Waals surface area contributed by atoms with Crippen LogP contribution in [0.1, 0.15) is 29.6 Å². The van der Waals surface area contributed by atoms with E-state index < -0.39 is 0 Å². The summed E-state index contributed by atoms with van der Waals surface area (Å²) in [5.74, 6) is 1.12. The Kier molecular flexibility index (Phi) is 2.44. The van der Waals surface area contributed by atoms with Crippen molar-refractivity contribution < 1.29 is 0 Å². The van der Waals surface area contributed by atoms with E-state index in [-0.39, 0.29) is 6.04 Å². The molecule has 0 radical (unpaired) electrons. The number of nitrogens with zero attached hydrogens (tertiary/aromatic N) is 3. The molecule has 0 aliphatic heterocycles. The Morgan fingerprint density at radius 3 is 2.76 bits per heavy atom. The van der Waals surface area contributed by atoms with Crippen LogP contribution in [0.15, 0.2) is 36.5 Å². The highest BCUT2D eigenvalue weighted by molar-refractivity contribution is 5.28. The Labute approximate surface area is 100 Å². The lowest BCUT2D eigenvalue weighted by molar-refractivity contribution is 0.551. The van der Waals surface area contributed by atoms with Crippen LogP contribution in [0.3, 0.4) is 0 Å². The largest absolute Gasteiger partial charge is 0.322 e. The maximum atomic E-state index is 6.27. The zero-order chi connectivity index (χ0) is 11.8. The number of aryl methyl sites for hydroxylation is 1. The Bertz CT molecular complexity index is 505. The second-order valence-electron chi connectivity index (χ2n) is 4.73. The number of hydrogen-bond donors (Lipinski definition) is 1. The van der Waals surface area contributed by atoms with Crippen LogP contribution in [-0.2, 0) is 7.05 Å². The molecule has 0 amide bonds. The first kappa shape index (κ1) is 10.5. The van der Waals surface area contributed by atoms with Gasteiger partial charge in [-0.05, 0) is 23.8 Å². The second kappa shape index (κ2) is 3.96. The van der Waals surface area contributed by atoms with Gasteiger partial charge in [-0.15, -0.1) is 5.10 Å². The molecule has 4 nitrogen and oxygen atoms in total. The molecule has 1 saturated carbocycles. The lowest BCUT2D eigenvalue weighted by Gasteiger charge is -2.10. The summed E-state index contributed by atoms with van der Waals surface area (Å²) in [4.78, 5) is 0. The number of aromatic nitrogens is 3. The molecule has 17 heavy (non-hydrogen) atoms. The summed E-state index contributed by atoms with van der Waals surface area (Å²) in [6.45, 7) is 0. The Morgan fingerprint density at radius 2 is 2.12 bits per heavy atom. The van der Waals surface area contributed by atoms with Crippen molar-refractivity contribution in [2.24, 2.45) is 18.7 Å². The highest BCUT2D eigenvalue weighted by atomic mass is 15.4. The molecule has 1 heterocycles. The van der Waals surface area contributed by atoms with Crippen LogP contribution < -0.4 is 5.73 Å². The highest BCUT2D eigenvalue weighted by Crippen LogP contribution is 2.52. The molecule has 0 saturated heterocycles. The molecule has 88 valence electrons. The molecule has 3 unspecified atom stereocenters. The fourth-order valence-electron chi connectivity index (χ4n) is 2.51. The van der Waals surface area contributed by atoms with Crippen LogP contribution in [0.5, 0.6) is 0 Å². The van der Waals surface area contributed by atoms with Crippen molar-refractivity contribution in [1.82, 2.24) is 15.0 Å². The zero-order valence-corrected chi connectivity index (χ0v) is 9.82. The van der Waals surface area contributed by atoms with Crippen molar-refractivity contribution >= 4 is 0 Å². The molecule has 2 N–H and O–H groups in total. The molecule has 4 heteroatoms. The normalized spacial score (nSPS) is 24.6. The Balaban J connectivity index is 1.75. The van der Waals surface area contributed by atoms with Crippen LogP contribution in [-0.4, -0.2) is 15.0 Å². The van der Waals surface area contributed by atoms with Gasteiger partial charge in [-0.25, -0.2) is 0 Å². The van der Waals surface area contributed by atoms with E-state index in [1.165, 1.54) is 5.56 Å². The van der Waals surface area contributed by atoms with Gasteiger partial charge in [0.2, 0.25) is 0 Å². The molecule has 1 fully saturated rings. The summed E-state index contributed by atoms with van der Waals surface area (Å²) in [5.41, 5.74) is 8.69. The maximum Gasteiger partial charge on any atom is 0.0754 e. The van der Waals surface area contributed by atoms with Gasteiger partial charge in [0.1, 0.15) is 0 Å². The third-order valence-electron chi connectivity index (χ3n) is 3.62. The predicted octanol–water partition coefficient (Wildman–Crippen LogP) is 1.62. The smallest absolute Gasteiger partial charge is 0.0754 e. The first-order valence-corrected chi connectivity index (χ1v) is 5.92. The third kappa shape index (κ3) is 1.85. The fourth-order valence-corrected chi connectivity index (χ4v) is 2.51. The van der Waals surface area contributed by atoms with E-state index in [0.717, 1.165) is 12.1 Å². The van der Waals surface area contributed by atoms with E-state index in [1.54, 1.807) is 10.9 Å². The average Bonchev–Trinajstić information content (AvgIpc) is 3.05. The summed E-state index contributed by atoms with van der Waals surface area (Å²) < 4.78 is 1.77. The number of benzene rings is 1. The summed E-state index contributed by atoms with van der Waals surface area (Å²) in [5, 5.41) is 7.82. The van der Waals surface area contributed by atoms with Gasteiger partial charge < -0.3 is 5.73 Å². The van der Waals surface area contributed by atoms with E-state index in [9.17, 15) is 0 Å². The highest BCUT2D eigenvalue weighted by Gasteiger charge is 2.43. The molecule has 1 aromatic heterocycles. The minimum Gasteiger partial charge on any atom is -0.322 e. The molecule has 1 aliphatic carbocycles. The van der Waals surface area contributed by atoms with Crippen molar-refractivity contribution in [3.63, 3.8) is 0 Å². The lowest BCUT2D eigenvalue weighted by atomic mass is 10.0. The van der Waals surface area contributed by atoms with Gasteiger partial charge in [-0.1, -0.05) is 35.5 Å². The summed E-state index contributed by atoms with van der Waals surface area (Å²) in [6.07, 6.45) is 2.93. The SMILES string of the molecule is Cn1nncc1C(N)C1CC1c1ccccc1. The zero-order valence-electron chi connectivity index (χ0n) is 9.82. The van der Waals surface area contributed by atoms with Crippen LogP contribution in [0.4, 0.5) is 0 Å². The monoisotopic (exact) mass is 228 g/mol. The van der Waals surface area contributed by atoms with Crippen molar-refractivity contribution in [2.75, 3.05) is 0 Å². The number of rotatable bonds is 3. The van der Waals surface area contributed by atoms with Crippen molar-refractivity contribution in [3.8, 4) is 0 Å². The standard InChI is InChI=1S/C13H16N4/c1-17-12(8-15-16-17)13(14)11-7-10(11)9-5-3-2-4-6-9/h2-6,8,10-11,13H,7,14H2,1H3. The van der Waals surface area contributed by atoms with Crippen LogP contribution in [0.25, 0.3) is 0 Å². The first-order chi connectivity index (χ1) is 8.27. The van der Waals surface area contributed by atoms with E-state index in [1.807, 2.05) is 13.1 Å². The summed E-state index contributed by atoms with van der Waals surface area (Å²) in [7, 11) is 1.89. The Hall–Kier alpha value is -1.68. The van der Waals surface area contributed by atoms with E-state index in [0.29, 0.717) is 11.8 Å². The minimum absolute atomic E-state index is 0.0419. The lowest BCUT2D eigenvalue weighted by Crippen LogP contribution is -2.17. The molecular formula is C13H16N4. The van der Waals surface area contributed by atoms with Crippen molar-refractivity contribution in [1.29, 1.82) is 0 Å². The second-order valence-corrected chi connectivity index (χ2v) is 4.73. The van der Waals surface area contributed by atoms with Gasteiger partial charge in [0, 0.05) is 7.05 Å². The minimum atomic E-state index is 0.0419. The van der Waals surface area contributed by atoms with Crippen LogP contribution in [0, 0.1) is 5.92 Å². The third-order valence-corrected chi connectivity index (χ3v) is 3.62. The molecule has 1 aromatic carbocycles. The topological polar surface area (TPSA) is 56.7 Å². The van der Waals surface area contributed by atoms with Gasteiger partial charge in [-0.3, -0.25) is 4.68 Å². The van der Waals surface area contributed by atoms with Crippen LogP contribution >= 0.6 is 0 Å². The molecular weight excluding hydrogens is 212 g/mol. The number of hydrogen-bond acceptors (Lipinski definition) is 3. The van der Waals surface area contributed by atoms with Gasteiger partial charge in [0.25, 0.3) is 0 Å². The van der Waals surface area contributed by atoms with Gasteiger partial charge in [0.05, 0.1) is 17.9 Å². The van der Waals surface area contributed by atoms with Gasteiger partial charge in [-0.2, -0.15) is 0 Å². The van der Waals surface area contributed by atoms with E-state index >= 15 is 0 Å². The van der Waals surface area contributed by atoms with Crippen molar-refractivity contribution in [3.05, 3.63) is 47.8 Å². The van der Waals surface area contributed by atoms with Gasteiger partial charge >= 0.3 is 0 Å². The molecule has 1 aliphatic rings.